The maximum atomic E-state index is 9.32. The Kier molecular flexibility index (Phi) is 7.84. The summed E-state index contributed by atoms with van der Waals surface area (Å²) in [5, 5.41) is 2.21. The molecule has 0 radical (unpaired) electrons. The molecule has 6 heteroatoms. The van der Waals surface area contributed by atoms with Crippen LogP contribution in [0.25, 0.3) is 72.3 Å². The molecule has 11 rings (SSSR count). The summed E-state index contributed by atoms with van der Waals surface area (Å²) in [5.74, 6) is 1.61. The number of hydrogen-bond acceptors (Lipinski definition) is 2. The number of benzene rings is 7. The summed E-state index contributed by atoms with van der Waals surface area (Å²) in [6, 6.07) is 31.4. The molecule has 0 unspecified atom stereocenters. The van der Waals surface area contributed by atoms with Gasteiger partial charge in [0.2, 0.25) is 0 Å². The predicted octanol–water partition coefficient (Wildman–Crippen LogP) is 15.9. The van der Waals surface area contributed by atoms with Crippen molar-refractivity contribution >= 4 is 32.8 Å². The second kappa shape index (κ2) is 15.8. The van der Waals surface area contributed by atoms with Crippen molar-refractivity contribution in [2.24, 2.45) is 5.41 Å². The molecule has 0 fully saturated rings. The normalized spacial score (nSPS) is 17.1. The summed E-state index contributed by atoms with van der Waals surface area (Å²) < 4.78 is 103. The molecule has 1 aliphatic carbocycles. The number of aromatic nitrogens is 4. The molecular formula is C62H56N4OPt-2. The SMILES string of the molecule is [2H]c1c([2H])c([2H])c(-c2cc(C(C)(C)C)cc(-c3c([2H])c([2H])c([2H])c([2H])c3[2H])c2-n2[c](=[Pt])n(-c3[c-]c(Oc4[c-]c5c(cc4)c4c6c(ccc4n5-c4cc(C)ccn4)C(C)(C)C(C)(C)C6(C)C)ccc3)c3ccccc32)c([2H])c1[2H]. The fraction of sp³-hybridized carbons (Fsp3) is 0.226. The average Bonchev–Trinajstić information content (AvgIpc) is 4.08. The molecule has 10 aromatic rings. The second-order valence-corrected chi connectivity index (χ2v) is 21.5. The van der Waals surface area contributed by atoms with E-state index in [1.54, 1.807) is 12.1 Å². The first-order valence-electron chi connectivity index (χ1n) is 27.8. The number of pyridine rings is 1. The Morgan fingerprint density at radius 3 is 1.91 bits per heavy atom. The molecule has 0 spiro atoms. The average molecular weight is 1080 g/mol. The van der Waals surface area contributed by atoms with E-state index in [9.17, 15) is 5.48 Å². The van der Waals surface area contributed by atoms with E-state index in [4.69, 9.17) is 17.9 Å². The van der Waals surface area contributed by atoms with Gasteiger partial charge >= 0.3 is 333 Å². The number of imidazole rings is 1. The molecule has 3 aromatic heterocycles. The van der Waals surface area contributed by atoms with Crippen molar-refractivity contribution in [3.05, 3.63) is 196 Å². The van der Waals surface area contributed by atoms with E-state index in [-0.39, 0.29) is 44.2 Å². The monoisotopic (exact) mass is 1080 g/mol. The Hall–Kier alpha value is -6.55. The van der Waals surface area contributed by atoms with E-state index in [1.807, 2.05) is 90.7 Å². The zero-order chi connectivity index (χ0) is 56.2. The van der Waals surface area contributed by atoms with Crippen LogP contribution >= 0.6 is 0 Å². The molecule has 0 atom stereocenters. The van der Waals surface area contributed by atoms with Gasteiger partial charge < -0.3 is 0 Å². The number of hydrogen-bond donors (Lipinski definition) is 0. The standard InChI is InChI=1S/C62H56N4O.Pt/c1-40-32-33-63-55(34-40)66-53-31-30-50-57(61(7,8)62(9,10)60(50,5)6)56(53)47-29-28-46(38-54(47)66)67-45-25-19-24-44(37-45)64-39-65(52-27-18-17-26-51(52)64)58-48(41-20-13-11-14-21-41)35-43(59(2,3)4)36-49(58)42-22-15-12-16-23-42;/h11-36H,1-10H3;/q-2;/i11D,12D,13D,14D,15D,16D,20D,21D,22D,23D;. The Morgan fingerprint density at radius 1 is 0.647 bits per heavy atom. The van der Waals surface area contributed by atoms with Crippen LogP contribution in [-0.2, 0) is 35.6 Å². The first kappa shape index (κ1) is 33.8. The summed E-state index contributed by atoms with van der Waals surface area (Å²) in [6.07, 6.45) is 1.83. The van der Waals surface area contributed by atoms with E-state index in [1.165, 1.54) is 16.5 Å². The van der Waals surface area contributed by atoms with Gasteiger partial charge in [-0.05, 0) is 40.4 Å². The quantitative estimate of drug-likeness (QED) is 0.149. The molecule has 1 aliphatic rings. The number of fused-ring (bicyclic) bond motifs is 6. The molecule has 0 bridgehead atoms. The molecule has 0 N–H and O–H groups in total. The van der Waals surface area contributed by atoms with E-state index in [0.29, 0.717) is 37.6 Å². The molecule has 342 valence electrons. The fourth-order valence-electron chi connectivity index (χ4n) is 10.3. The topological polar surface area (TPSA) is 36.9 Å². The first-order chi connectivity index (χ1) is 36.6. The van der Waals surface area contributed by atoms with Gasteiger partial charge in [0, 0.05) is 6.20 Å². The molecule has 0 amide bonds. The summed E-state index contributed by atoms with van der Waals surface area (Å²) >= 11 is 2.18. The van der Waals surface area contributed by atoms with Gasteiger partial charge in [-0.15, -0.1) is 0 Å². The van der Waals surface area contributed by atoms with Crippen LogP contribution in [0, 0.1) is 28.3 Å². The number of nitrogens with zero attached hydrogens (tertiary/aromatic N) is 4. The van der Waals surface area contributed by atoms with E-state index in [0.717, 1.165) is 27.8 Å². The van der Waals surface area contributed by atoms with Crippen molar-refractivity contribution in [3.8, 4) is 50.9 Å². The van der Waals surface area contributed by atoms with E-state index in [2.05, 4.69) is 109 Å². The number of aryl methyl sites for hydroxylation is 1. The first-order valence-corrected chi connectivity index (χ1v) is 23.9. The van der Waals surface area contributed by atoms with E-state index >= 15 is 0 Å². The van der Waals surface area contributed by atoms with Crippen molar-refractivity contribution in [2.45, 2.75) is 85.5 Å². The molecule has 0 saturated heterocycles. The molecule has 68 heavy (non-hydrogen) atoms. The van der Waals surface area contributed by atoms with Gasteiger partial charge in [-0.25, -0.2) is 0 Å². The number of ether oxygens (including phenoxy) is 1. The van der Waals surface area contributed by atoms with Crippen LogP contribution in [0.2, 0.25) is 0 Å². The van der Waals surface area contributed by atoms with Crippen LogP contribution in [0.4, 0.5) is 0 Å². The third-order valence-corrected chi connectivity index (χ3v) is 16.0. The number of rotatable bonds is 7. The van der Waals surface area contributed by atoms with Crippen LogP contribution < -0.4 is 4.74 Å². The van der Waals surface area contributed by atoms with Crippen molar-refractivity contribution in [1.82, 2.24) is 18.7 Å². The van der Waals surface area contributed by atoms with Gasteiger partial charge in [-0.1, -0.05) is 47.6 Å². The Bertz CT molecular complexity index is 4160. The van der Waals surface area contributed by atoms with Crippen molar-refractivity contribution in [1.29, 1.82) is 0 Å². The van der Waals surface area contributed by atoms with E-state index < -0.39 is 65.8 Å². The third kappa shape index (κ3) is 6.67. The molecular weight excluding hydrogens is 1010 g/mol. The van der Waals surface area contributed by atoms with Gasteiger partial charge in [-0.3, -0.25) is 0 Å². The minimum absolute atomic E-state index is 0.0709. The molecule has 5 nitrogen and oxygen atoms in total. The van der Waals surface area contributed by atoms with Crippen molar-refractivity contribution in [2.75, 3.05) is 0 Å². The van der Waals surface area contributed by atoms with Crippen LogP contribution in [0.15, 0.2) is 158 Å². The minimum atomic E-state index is -0.634. The van der Waals surface area contributed by atoms with Gasteiger partial charge in [-0.2, -0.15) is 0 Å². The van der Waals surface area contributed by atoms with Gasteiger partial charge in [0.15, 0.2) is 0 Å². The van der Waals surface area contributed by atoms with Gasteiger partial charge in [0.05, 0.1) is 0 Å². The van der Waals surface area contributed by atoms with Crippen LogP contribution in [0.5, 0.6) is 11.5 Å². The van der Waals surface area contributed by atoms with Crippen molar-refractivity contribution < 1.29 is 37.8 Å². The summed E-state index contributed by atoms with van der Waals surface area (Å²) in [6.45, 7) is 22.1. The third-order valence-electron chi connectivity index (χ3n) is 15.0. The summed E-state index contributed by atoms with van der Waals surface area (Å²) in [5.41, 5.74) is 7.51. The zero-order valence-electron chi connectivity index (χ0n) is 49.8. The van der Waals surface area contributed by atoms with Crippen LogP contribution in [-0.4, -0.2) is 18.7 Å². The molecule has 7 aromatic carbocycles. The Morgan fingerprint density at radius 2 is 1.28 bits per heavy atom. The Labute approximate surface area is 425 Å². The number of para-hydroxylation sites is 2. The van der Waals surface area contributed by atoms with Crippen LogP contribution in [0.3, 0.4) is 0 Å². The summed E-state index contributed by atoms with van der Waals surface area (Å²) in [4.78, 5) is 4.89. The molecule has 0 aliphatic heterocycles. The van der Waals surface area contributed by atoms with Gasteiger partial charge in [0.25, 0.3) is 0 Å². The predicted molar refractivity (Wildman–Crippen MR) is 276 cm³/mol. The Balaban J connectivity index is 1.14. The van der Waals surface area contributed by atoms with Crippen LogP contribution in [0.1, 0.15) is 98.3 Å². The van der Waals surface area contributed by atoms with Crippen molar-refractivity contribution in [3.63, 3.8) is 0 Å². The summed E-state index contributed by atoms with van der Waals surface area (Å²) in [7, 11) is 0. The fourth-order valence-corrected chi connectivity index (χ4v) is 11.4. The molecule has 3 heterocycles. The van der Waals surface area contributed by atoms with Gasteiger partial charge in [0.1, 0.15) is 0 Å². The maximum absolute atomic E-state index is 9.32. The zero-order valence-corrected chi connectivity index (χ0v) is 42.0. The second-order valence-electron chi connectivity index (χ2n) is 20.4. The molecule has 0 saturated carbocycles.